The molecule has 1 N–H and O–H groups in total. The van der Waals surface area contributed by atoms with Gasteiger partial charge in [-0.05, 0) is 66.2 Å². The average Bonchev–Trinajstić information content (AvgIpc) is 3.13. The van der Waals surface area contributed by atoms with Crippen molar-refractivity contribution in [2.45, 2.75) is 39.7 Å². The van der Waals surface area contributed by atoms with Gasteiger partial charge in [-0.25, -0.2) is 15.0 Å². The van der Waals surface area contributed by atoms with E-state index >= 15 is 0 Å². The first-order valence-corrected chi connectivity index (χ1v) is 11.6. The fourth-order valence-corrected chi connectivity index (χ4v) is 4.76. The molecular formula is C22H24BrN5OS. The number of nitrogens with one attached hydrogen (secondary N) is 1. The number of hydrogen-bond donors (Lipinski definition) is 1. The topological polar surface area (TPSA) is 71.0 Å². The number of hydrogen-bond acceptors (Lipinski definition) is 6. The van der Waals surface area contributed by atoms with Gasteiger partial charge in [-0.2, -0.15) is 0 Å². The van der Waals surface area contributed by atoms with Gasteiger partial charge in [-0.3, -0.25) is 4.79 Å². The van der Waals surface area contributed by atoms with Crippen molar-refractivity contribution in [3.63, 3.8) is 0 Å². The Morgan fingerprint density at radius 1 is 1.20 bits per heavy atom. The van der Waals surface area contributed by atoms with Gasteiger partial charge in [-0.1, -0.05) is 18.2 Å². The Labute approximate surface area is 188 Å². The predicted molar refractivity (Wildman–Crippen MR) is 124 cm³/mol. The molecule has 156 valence electrons. The number of aryl methyl sites for hydroxylation is 3. The average molecular weight is 486 g/mol. The van der Waals surface area contributed by atoms with Gasteiger partial charge in [0, 0.05) is 31.5 Å². The van der Waals surface area contributed by atoms with Crippen molar-refractivity contribution in [3.05, 3.63) is 56.9 Å². The molecule has 0 radical (unpaired) electrons. The third-order valence-corrected chi connectivity index (χ3v) is 6.80. The van der Waals surface area contributed by atoms with Gasteiger partial charge in [0.1, 0.15) is 5.69 Å². The summed E-state index contributed by atoms with van der Waals surface area (Å²) in [6.07, 6.45) is 5.34. The molecule has 1 aliphatic rings. The fraction of sp³-hybridized carbons (Fsp3) is 0.364. The molecule has 3 aromatic rings. The number of benzene rings is 1. The van der Waals surface area contributed by atoms with Gasteiger partial charge in [0.2, 0.25) is 5.95 Å². The minimum absolute atomic E-state index is 0.00389. The van der Waals surface area contributed by atoms with Crippen LogP contribution in [0.2, 0.25) is 0 Å². The Balaban J connectivity index is 1.54. The summed E-state index contributed by atoms with van der Waals surface area (Å²) in [6.45, 7) is 7.50. The first kappa shape index (κ1) is 20.9. The van der Waals surface area contributed by atoms with Crippen LogP contribution in [0, 0.1) is 20.8 Å². The molecule has 1 saturated heterocycles. The third kappa shape index (κ3) is 4.54. The van der Waals surface area contributed by atoms with Crippen LogP contribution in [0.3, 0.4) is 0 Å². The summed E-state index contributed by atoms with van der Waals surface area (Å²) in [5.41, 5.74) is 4.07. The number of carbonyl (C=O) groups excluding carboxylic acids is 1. The molecule has 0 saturated carbocycles. The van der Waals surface area contributed by atoms with E-state index in [1.807, 2.05) is 11.8 Å². The Morgan fingerprint density at radius 3 is 2.70 bits per heavy atom. The summed E-state index contributed by atoms with van der Waals surface area (Å²) >= 11 is 4.93. The number of nitrogens with zero attached hydrogens (tertiary/aromatic N) is 4. The van der Waals surface area contributed by atoms with E-state index in [9.17, 15) is 4.79 Å². The van der Waals surface area contributed by atoms with E-state index in [-0.39, 0.29) is 11.9 Å². The molecule has 0 spiro atoms. The quantitative estimate of drug-likeness (QED) is 0.562. The molecule has 3 heterocycles. The Kier molecular flexibility index (Phi) is 6.15. The zero-order chi connectivity index (χ0) is 21.3. The molecule has 1 unspecified atom stereocenters. The molecule has 1 aromatic carbocycles. The van der Waals surface area contributed by atoms with Crippen molar-refractivity contribution in [1.82, 2.24) is 19.9 Å². The van der Waals surface area contributed by atoms with Gasteiger partial charge in [0.05, 0.1) is 14.4 Å². The highest BCUT2D eigenvalue weighted by Gasteiger charge is 2.28. The number of aromatic nitrogens is 3. The number of amides is 1. The van der Waals surface area contributed by atoms with Crippen LogP contribution in [-0.4, -0.2) is 44.9 Å². The molecule has 6 nitrogen and oxygen atoms in total. The zero-order valence-corrected chi connectivity index (χ0v) is 19.7. The van der Waals surface area contributed by atoms with Crippen molar-refractivity contribution in [1.29, 1.82) is 0 Å². The SMILES string of the molecule is Cc1nc(C(=O)N2CCCC(Nc3ncc(Br)cn3)C2)c(-c2ccc(C)c(C)c2)s1. The van der Waals surface area contributed by atoms with E-state index in [0.717, 1.165) is 39.3 Å². The lowest BCUT2D eigenvalue weighted by Crippen LogP contribution is -2.45. The maximum Gasteiger partial charge on any atom is 0.274 e. The molecule has 0 bridgehead atoms. The van der Waals surface area contributed by atoms with E-state index in [4.69, 9.17) is 0 Å². The summed E-state index contributed by atoms with van der Waals surface area (Å²) in [4.78, 5) is 29.4. The lowest BCUT2D eigenvalue weighted by Gasteiger charge is -2.33. The number of carbonyl (C=O) groups is 1. The van der Waals surface area contributed by atoms with Crippen LogP contribution >= 0.6 is 27.3 Å². The maximum atomic E-state index is 13.4. The minimum Gasteiger partial charge on any atom is -0.350 e. The highest BCUT2D eigenvalue weighted by molar-refractivity contribution is 9.10. The van der Waals surface area contributed by atoms with Crippen molar-refractivity contribution >= 4 is 39.1 Å². The number of piperidine rings is 1. The lowest BCUT2D eigenvalue weighted by molar-refractivity contribution is 0.0710. The largest absolute Gasteiger partial charge is 0.350 e. The summed E-state index contributed by atoms with van der Waals surface area (Å²) in [5, 5.41) is 4.26. The second kappa shape index (κ2) is 8.81. The van der Waals surface area contributed by atoms with Gasteiger partial charge in [-0.15, -0.1) is 11.3 Å². The van der Waals surface area contributed by atoms with Crippen LogP contribution in [-0.2, 0) is 0 Å². The highest BCUT2D eigenvalue weighted by Crippen LogP contribution is 2.32. The summed E-state index contributed by atoms with van der Waals surface area (Å²) in [5.74, 6) is 0.577. The smallest absolute Gasteiger partial charge is 0.274 e. The lowest BCUT2D eigenvalue weighted by atomic mass is 10.0. The first-order valence-electron chi connectivity index (χ1n) is 9.99. The van der Waals surface area contributed by atoms with Crippen molar-refractivity contribution in [3.8, 4) is 10.4 Å². The third-order valence-electron chi connectivity index (χ3n) is 5.37. The Hall–Kier alpha value is -2.32. The van der Waals surface area contributed by atoms with Gasteiger partial charge >= 0.3 is 0 Å². The van der Waals surface area contributed by atoms with Gasteiger partial charge < -0.3 is 10.2 Å². The van der Waals surface area contributed by atoms with E-state index in [0.29, 0.717) is 18.2 Å². The maximum absolute atomic E-state index is 13.4. The number of thiazole rings is 1. The molecule has 0 aliphatic carbocycles. The fourth-order valence-electron chi connectivity index (χ4n) is 3.65. The van der Waals surface area contributed by atoms with Crippen LogP contribution in [0.25, 0.3) is 10.4 Å². The van der Waals surface area contributed by atoms with Crippen LogP contribution in [0.5, 0.6) is 0 Å². The van der Waals surface area contributed by atoms with E-state index in [2.05, 4.69) is 68.2 Å². The summed E-state index contributed by atoms with van der Waals surface area (Å²) < 4.78 is 0.839. The van der Waals surface area contributed by atoms with E-state index in [1.54, 1.807) is 23.7 Å². The molecule has 4 rings (SSSR count). The summed E-state index contributed by atoms with van der Waals surface area (Å²) in [7, 11) is 0. The predicted octanol–water partition coefficient (Wildman–Crippen LogP) is 5.00. The number of rotatable bonds is 4. The second-order valence-corrected chi connectivity index (χ2v) is 9.79. The first-order chi connectivity index (χ1) is 14.4. The summed E-state index contributed by atoms with van der Waals surface area (Å²) in [6, 6.07) is 6.45. The van der Waals surface area contributed by atoms with Crippen LogP contribution in [0.4, 0.5) is 5.95 Å². The van der Waals surface area contributed by atoms with Crippen molar-refractivity contribution in [2.75, 3.05) is 18.4 Å². The standard InChI is InChI=1S/C22H24BrN5OS/c1-13-6-7-16(9-14(13)2)20-19(26-15(3)30-20)21(29)28-8-4-5-18(12-28)27-22-24-10-17(23)11-25-22/h6-7,9-11,18H,4-5,8,12H2,1-3H3,(H,24,25,27). The second-order valence-electron chi connectivity index (χ2n) is 7.67. The molecule has 1 aliphatic heterocycles. The molecule has 2 aromatic heterocycles. The zero-order valence-electron chi connectivity index (χ0n) is 17.3. The van der Waals surface area contributed by atoms with Crippen LogP contribution in [0.15, 0.2) is 35.1 Å². The van der Waals surface area contributed by atoms with Gasteiger partial charge in [0.25, 0.3) is 5.91 Å². The van der Waals surface area contributed by atoms with Crippen molar-refractivity contribution < 1.29 is 4.79 Å². The normalized spacial score (nSPS) is 16.5. The molecule has 8 heteroatoms. The molecular weight excluding hydrogens is 462 g/mol. The molecule has 1 fully saturated rings. The van der Waals surface area contributed by atoms with Crippen LogP contribution < -0.4 is 5.32 Å². The van der Waals surface area contributed by atoms with E-state index in [1.165, 1.54) is 11.1 Å². The van der Waals surface area contributed by atoms with E-state index < -0.39 is 0 Å². The number of halogens is 1. The Bertz CT molecular complexity index is 1070. The Morgan fingerprint density at radius 2 is 1.97 bits per heavy atom. The molecule has 1 atom stereocenters. The molecule has 30 heavy (non-hydrogen) atoms. The minimum atomic E-state index is -0.00389. The van der Waals surface area contributed by atoms with Crippen LogP contribution in [0.1, 0.15) is 39.5 Å². The van der Waals surface area contributed by atoms with Crippen molar-refractivity contribution in [2.24, 2.45) is 0 Å². The van der Waals surface area contributed by atoms with Gasteiger partial charge in [0.15, 0.2) is 0 Å². The number of likely N-dealkylation sites (tertiary alicyclic amines) is 1. The molecule has 1 amide bonds. The monoisotopic (exact) mass is 485 g/mol. The highest BCUT2D eigenvalue weighted by atomic mass is 79.9. The number of anilines is 1.